The maximum absolute atomic E-state index is 12.0. The maximum atomic E-state index is 12.0. The van der Waals surface area contributed by atoms with Gasteiger partial charge in [-0.25, -0.2) is 4.98 Å². The van der Waals surface area contributed by atoms with E-state index in [-0.39, 0.29) is 11.7 Å². The molecule has 0 bridgehead atoms. The molecule has 1 heterocycles. The molecule has 0 aliphatic carbocycles. The minimum absolute atomic E-state index is 0.116. The Balaban J connectivity index is 1.83. The Morgan fingerprint density at radius 2 is 2.23 bits per heavy atom. The summed E-state index contributed by atoms with van der Waals surface area (Å²) >= 11 is 1.31. The molecule has 2 rings (SSSR count). The number of methoxy groups -OCH3 is 1. The third-order valence-electron chi connectivity index (χ3n) is 2.99. The Morgan fingerprint density at radius 1 is 1.41 bits per heavy atom. The zero-order valence-electron chi connectivity index (χ0n) is 12.8. The number of carbonyl (C=O) groups excluding carboxylic acids is 1. The standard InChI is InChI=1S/C15H20N4O2S/c1-3-4-9-13-17-15(19-18-13)22-10-14(20)16-11-7-5-6-8-12(11)21-2/h5-8H,3-4,9-10H2,1-2H3,(H,16,20)(H,17,18,19). The van der Waals surface area contributed by atoms with Gasteiger partial charge in [-0.3, -0.25) is 9.89 Å². The van der Waals surface area contributed by atoms with Crippen LogP contribution in [0.15, 0.2) is 29.4 Å². The molecule has 1 aromatic heterocycles. The van der Waals surface area contributed by atoms with E-state index >= 15 is 0 Å². The zero-order valence-corrected chi connectivity index (χ0v) is 13.6. The van der Waals surface area contributed by atoms with Crippen LogP contribution < -0.4 is 10.1 Å². The first-order valence-electron chi connectivity index (χ1n) is 7.20. The number of aromatic nitrogens is 3. The molecule has 0 aliphatic heterocycles. The second-order valence-electron chi connectivity index (χ2n) is 4.71. The lowest BCUT2D eigenvalue weighted by Gasteiger charge is -2.08. The number of hydrogen-bond acceptors (Lipinski definition) is 5. The van der Waals surface area contributed by atoms with Gasteiger partial charge in [0.1, 0.15) is 11.6 Å². The third-order valence-corrected chi connectivity index (χ3v) is 3.84. The van der Waals surface area contributed by atoms with Crippen LogP contribution in [0.3, 0.4) is 0 Å². The van der Waals surface area contributed by atoms with E-state index in [0.29, 0.717) is 16.6 Å². The van der Waals surface area contributed by atoms with Gasteiger partial charge in [0.2, 0.25) is 11.1 Å². The van der Waals surface area contributed by atoms with Gasteiger partial charge in [0.15, 0.2) is 0 Å². The predicted molar refractivity (Wildman–Crippen MR) is 87.3 cm³/mol. The van der Waals surface area contributed by atoms with Crippen LogP contribution in [0.1, 0.15) is 25.6 Å². The summed E-state index contributed by atoms with van der Waals surface area (Å²) in [6.07, 6.45) is 3.08. The Labute approximate surface area is 134 Å². The first-order valence-corrected chi connectivity index (χ1v) is 8.18. The number of anilines is 1. The van der Waals surface area contributed by atoms with Crippen LogP contribution in [0, 0.1) is 0 Å². The van der Waals surface area contributed by atoms with Crippen molar-refractivity contribution in [3.05, 3.63) is 30.1 Å². The molecule has 0 aliphatic rings. The van der Waals surface area contributed by atoms with E-state index in [1.54, 1.807) is 19.2 Å². The fourth-order valence-electron chi connectivity index (χ4n) is 1.86. The highest BCUT2D eigenvalue weighted by Gasteiger charge is 2.10. The number of nitrogens with one attached hydrogen (secondary N) is 2. The number of hydrogen-bond donors (Lipinski definition) is 2. The van der Waals surface area contributed by atoms with Gasteiger partial charge < -0.3 is 10.1 Å². The molecule has 22 heavy (non-hydrogen) atoms. The number of aryl methyl sites for hydroxylation is 1. The van der Waals surface area contributed by atoms with Crippen molar-refractivity contribution in [3.8, 4) is 5.75 Å². The Hall–Kier alpha value is -2.02. The molecule has 2 aromatic rings. The minimum atomic E-state index is -0.116. The summed E-state index contributed by atoms with van der Waals surface area (Å²) in [6, 6.07) is 7.31. The normalized spacial score (nSPS) is 10.5. The average Bonchev–Trinajstić information content (AvgIpc) is 2.99. The number of nitrogens with zero attached hydrogens (tertiary/aromatic N) is 2. The lowest BCUT2D eigenvalue weighted by molar-refractivity contribution is -0.113. The minimum Gasteiger partial charge on any atom is -0.495 e. The molecular weight excluding hydrogens is 300 g/mol. The topological polar surface area (TPSA) is 79.9 Å². The zero-order chi connectivity index (χ0) is 15.8. The monoisotopic (exact) mass is 320 g/mol. The predicted octanol–water partition coefficient (Wildman–Crippen LogP) is 2.89. The quantitative estimate of drug-likeness (QED) is 0.731. The van der Waals surface area contributed by atoms with E-state index in [1.807, 2.05) is 12.1 Å². The lowest BCUT2D eigenvalue weighted by Crippen LogP contribution is -2.14. The SMILES string of the molecule is CCCCc1nc(SCC(=O)Nc2ccccc2OC)n[nH]1. The fraction of sp³-hybridized carbons (Fsp3) is 0.400. The molecule has 7 heteroatoms. The van der Waals surface area contributed by atoms with Gasteiger partial charge in [-0.05, 0) is 18.6 Å². The van der Waals surface area contributed by atoms with Crippen molar-refractivity contribution < 1.29 is 9.53 Å². The third kappa shape index (κ3) is 4.77. The molecule has 0 saturated carbocycles. The molecule has 6 nitrogen and oxygen atoms in total. The van der Waals surface area contributed by atoms with Crippen molar-refractivity contribution in [1.82, 2.24) is 15.2 Å². The molecular formula is C15H20N4O2S. The Morgan fingerprint density at radius 3 is 3.00 bits per heavy atom. The fourth-order valence-corrected chi connectivity index (χ4v) is 2.48. The molecule has 0 atom stereocenters. The van der Waals surface area contributed by atoms with Crippen molar-refractivity contribution in [2.24, 2.45) is 0 Å². The van der Waals surface area contributed by atoms with Gasteiger partial charge in [0.25, 0.3) is 0 Å². The number of rotatable bonds is 8. The summed E-state index contributed by atoms with van der Waals surface area (Å²) in [4.78, 5) is 16.3. The van der Waals surface area contributed by atoms with Gasteiger partial charge in [-0.2, -0.15) is 0 Å². The molecule has 0 spiro atoms. The summed E-state index contributed by atoms with van der Waals surface area (Å²) in [6.45, 7) is 2.13. The smallest absolute Gasteiger partial charge is 0.234 e. The molecule has 2 N–H and O–H groups in total. The van der Waals surface area contributed by atoms with Gasteiger partial charge >= 0.3 is 0 Å². The number of aromatic amines is 1. The highest BCUT2D eigenvalue weighted by Crippen LogP contribution is 2.23. The van der Waals surface area contributed by atoms with Crippen molar-refractivity contribution in [1.29, 1.82) is 0 Å². The average molecular weight is 320 g/mol. The summed E-state index contributed by atoms with van der Waals surface area (Å²) in [7, 11) is 1.57. The highest BCUT2D eigenvalue weighted by atomic mass is 32.2. The second-order valence-corrected chi connectivity index (χ2v) is 5.65. The van der Waals surface area contributed by atoms with E-state index in [4.69, 9.17) is 4.74 Å². The highest BCUT2D eigenvalue weighted by molar-refractivity contribution is 7.99. The number of benzene rings is 1. The molecule has 1 aromatic carbocycles. The molecule has 0 radical (unpaired) electrons. The van der Waals surface area contributed by atoms with Gasteiger partial charge in [-0.15, -0.1) is 5.10 Å². The van der Waals surface area contributed by atoms with Gasteiger partial charge in [-0.1, -0.05) is 37.2 Å². The molecule has 0 fully saturated rings. The van der Waals surface area contributed by atoms with Crippen LogP contribution in [0.2, 0.25) is 0 Å². The summed E-state index contributed by atoms with van der Waals surface area (Å²) in [5, 5.41) is 10.4. The second kappa shape index (κ2) is 8.43. The van der Waals surface area contributed by atoms with Gasteiger partial charge in [0, 0.05) is 6.42 Å². The van der Waals surface area contributed by atoms with Crippen molar-refractivity contribution in [3.63, 3.8) is 0 Å². The van der Waals surface area contributed by atoms with Crippen molar-refractivity contribution in [2.75, 3.05) is 18.2 Å². The summed E-state index contributed by atoms with van der Waals surface area (Å²) in [5.41, 5.74) is 0.661. The number of unbranched alkanes of at least 4 members (excludes halogenated alkanes) is 1. The molecule has 0 unspecified atom stereocenters. The lowest BCUT2D eigenvalue weighted by atomic mass is 10.2. The van der Waals surface area contributed by atoms with Gasteiger partial charge in [0.05, 0.1) is 18.6 Å². The van der Waals surface area contributed by atoms with Crippen molar-refractivity contribution >= 4 is 23.4 Å². The van der Waals surface area contributed by atoms with E-state index in [1.165, 1.54) is 11.8 Å². The number of carbonyl (C=O) groups is 1. The van der Waals surface area contributed by atoms with Crippen molar-refractivity contribution in [2.45, 2.75) is 31.3 Å². The molecule has 0 saturated heterocycles. The Bertz CT molecular complexity index is 615. The van der Waals surface area contributed by atoms with E-state index in [9.17, 15) is 4.79 Å². The van der Waals surface area contributed by atoms with Crippen LogP contribution >= 0.6 is 11.8 Å². The number of thioether (sulfide) groups is 1. The number of amides is 1. The maximum Gasteiger partial charge on any atom is 0.234 e. The first kappa shape index (κ1) is 16.4. The number of ether oxygens (including phenoxy) is 1. The molecule has 118 valence electrons. The van der Waals surface area contributed by atoms with Crippen LogP contribution in [-0.4, -0.2) is 34.0 Å². The number of H-pyrrole nitrogens is 1. The first-order chi connectivity index (χ1) is 10.7. The largest absolute Gasteiger partial charge is 0.495 e. The van der Waals surface area contributed by atoms with E-state index in [2.05, 4.69) is 27.4 Å². The summed E-state index contributed by atoms with van der Waals surface area (Å²) in [5.74, 6) is 1.65. The van der Waals surface area contributed by atoms with E-state index in [0.717, 1.165) is 25.1 Å². The summed E-state index contributed by atoms with van der Waals surface area (Å²) < 4.78 is 5.20. The van der Waals surface area contributed by atoms with Crippen LogP contribution in [0.5, 0.6) is 5.75 Å². The van der Waals surface area contributed by atoms with Crippen LogP contribution in [-0.2, 0) is 11.2 Å². The Kier molecular flexibility index (Phi) is 6.27. The molecule has 1 amide bonds. The van der Waals surface area contributed by atoms with Crippen LogP contribution in [0.4, 0.5) is 5.69 Å². The number of para-hydroxylation sites is 2. The van der Waals surface area contributed by atoms with Crippen LogP contribution in [0.25, 0.3) is 0 Å². The van der Waals surface area contributed by atoms with E-state index < -0.39 is 0 Å².